The molecule has 5 nitrogen and oxygen atoms in total. The van der Waals surface area contributed by atoms with Crippen molar-refractivity contribution in [3.8, 4) is 0 Å². The Balaban J connectivity index is 2.22. The highest BCUT2D eigenvalue weighted by Gasteiger charge is 2.40. The molecule has 122 valence electrons. The van der Waals surface area contributed by atoms with Crippen LogP contribution < -0.4 is 5.32 Å². The van der Waals surface area contributed by atoms with E-state index in [9.17, 15) is 17.6 Å². The van der Waals surface area contributed by atoms with Gasteiger partial charge in [0.15, 0.2) is 0 Å². The van der Waals surface area contributed by atoms with Gasteiger partial charge in [-0.15, -0.1) is 11.8 Å². The first-order valence-electron chi connectivity index (χ1n) is 7.01. The van der Waals surface area contributed by atoms with Crippen LogP contribution in [0.4, 0.5) is 4.39 Å². The first-order chi connectivity index (χ1) is 10.4. The van der Waals surface area contributed by atoms with Gasteiger partial charge in [-0.2, -0.15) is 4.31 Å². The molecule has 1 amide bonds. The molecule has 8 heteroatoms. The van der Waals surface area contributed by atoms with E-state index in [1.165, 1.54) is 28.2 Å². The standard InChI is InChI=1S/C14H19FN2O3S2/c1-3-10(2)16-14(18)13-8-21-9-17(13)22(19,20)12-6-4-11(15)5-7-12/h4-7,10,13H,3,8-9H2,1-2H3,(H,16,18)/t10-,13+/m1/s1. The van der Waals surface area contributed by atoms with Gasteiger partial charge in [-0.3, -0.25) is 4.79 Å². The van der Waals surface area contributed by atoms with Crippen LogP contribution in [-0.4, -0.2) is 42.3 Å². The van der Waals surface area contributed by atoms with Crippen LogP contribution in [0.15, 0.2) is 29.2 Å². The van der Waals surface area contributed by atoms with E-state index < -0.39 is 21.9 Å². The molecule has 0 unspecified atom stereocenters. The lowest BCUT2D eigenvalue weighted by Gasteiger charge is -2.24. The van der Waals surface area contributed by atoms with E-state index in [4.69, 9.17) is 0 Å². The van der Waals surface area contributed by atoms with Crippen LogP contribution in [-0.2, 0) is 14.8 Å². The van der Waals surface area contributed by atoms with Crippen molar-refractivity contribution in [2.24, 2.45) is 0 Å². The fourth-order valence-electron chi connectivity index (χ4n) is 2.05. The average Bonchev–Trinajstić information content (AvgIpc) is 2.97. The average molecular weight is 346 g/mol. The van der Waals surface area contributed by atoms with Gasteiger partial charge >= 0.3 is 0 Å². The second kappa shape index (κ2) is 6.97. The number of benzene rings is 1. The molecule has 1 fully saturated rings. The van der Waals surface area contributed by atoms with Crippen molar-refractivity contribution >= 4 is 27.7 Å². The maximum Gasteiger partial charge on any atom is 0.244 e. The van der Waals surface area contributed by atoms with Crippen molar-refractivity contribution in [2.75, 3.05) is 11.6 Å². The smallest absolute Gasteiger partial charge is 0.244 e. The summed E-state index contributed by atoms with van der Waals surface area (Å²) in [7, 11) is -3.81. The van der Waals surface area contributed by atoms with E-state index in [1.54, 1.807) is 0 Å². The molecule has 0 radical (unpaired) electrons. The molecule has 0 aromatic heterocycles. The van der Waals surface area contributed by atoms with Gasteiger partial charge in [-0.05, 0) is 37.6 Å². The minimum Gasteiger partial charge on any atom is -0.352 e. The van der Waals surface area contributed by atoms with Crippen LogP contribution in [0.3, 0.4) is 0 Å². The number of thioether (sulfide) groups is 1. The molecule has 1 aromatic carbocycles. The monoisotopic (exact) mass is 346 g/mol. The summed E-state index contributed by atoms with van der Waals surface area (Å²) >= 11 is 1.39. The van der Waals surface area contributed by atoms with E-state index in [0.717, 1.165) is 18.6 Å². The third-order valence-electron chi connectivity index (χ3n) is 3.57. The maximum absolute atomic E-state index is 13.0. The molecule has 0 spiro atoms. The zero-order valence-corrected chi connectivity index (χ0v) is 14.1. The van der Waals surface area contributed by atoms with E-state index in [2.05, 4.69) is 5.32 Å². The lowest BCUT2D eigenvalue weighted by Crippen LogP contribution is -2.49. The minimum atomic E-state index is -3.81. The van der Waals surface area contributed by atoms with Gasteiger partial charge in [-0.25, -0.2) is 12.8 Å². The Morgan fingerprint density at radius 2 is 2.09 bits per heavy atom. The quantitative estimate of drug-likeness (QED) is 0.883. The molecule has 1 aliphatic heterocycles. The zero-order valence-electron chi connectivity index (χ0n) is 12.5. The summed E-state index contributed by atoms with van der Waals surface area (Å²) in [5, 5.41) is 2.82. The van der Waals surface area contributed by atoms with Crippen molar-refractivity contribution in [3.63, 3.8) is 0 Å². The molecule has 0 saturated carbocycles. The number of hydrogen-bond donors (Lipinski definition) is 1. The summed E-state index contributed by atoms with van der Waals surface area (Å²) in [6.07, 6.45) is 0.774. The Hall–Kier alpha value is -1.12. The van der Waals surface area contributed by atoms with Crippen LogP contribution >= 0.6 is 11.8 Å². The Kier molecular flexibility index (Phi) is 5.46. The van der Waals surface area contributed by atoms with E-state index in [-0.39, 0.29) is 22.7 Å². The predicted octanol–water partition coefficient (Wildman–Crippen LogP) is 1.80. The van der Waals surface area contributed by atoms with Crippen LogP contribution in [0, 0.1) is 5.82 Å². The normalized spacial score (nSPS) is 20.8. The van der Waals surface area contributed by atoms with Gasteiger partial charge < -0.3 is 5.32 Å². The van der Waals surface area contributed by atoms with Crippen molar-refractivity contribution in [1.29, 1.82) is 0 Å². The highest BCUT2D eigenvalue weighted by Crippen LogP contribution is 2.28. The number of sulfonamides is 1. The van der Waals surface area contributed by atoms with Gasteiger partial charge in [0.05, 0.1) is 10.8 Å². The minimum absolute atomic E-state index is 0.00209. The highest BCUT2D eigenvalue weighted by atomic mass is 32.2. The van der Waals surface area contributed by atoms with Crippen molar-refractivity contribution in [1.82, 2.24) is 9.62 Å². The summed E-state index contributed by atoms with van der Waals surface area (Å²) < 4.78 is 39.4. The van der Waals surface area contributed by atoms with Gasteiger partial charge in [-0.1, -0.05) is 6.92 Å². The number of hydrogen-bond acceptors (Lipinski definition) is 4. The summed E-state index contributed by atoms with van der Waals surface area (Å²) in [6.45, 7) is 3.82. The molecule has 1 heterocycles. The third kappa shape index (κ3) is 3.61. The van der Waals surface area contributed by atoms with Gasteiger partial charge in [0.2, 0.25) is 15.9 Å². The number of rotatable bonds is 5. The zero-order chi connectivity index (χ0) is 16.3. The molecule has 0 bridgehead atoms. The van der Waals surface area contributed by atoms with E-state index in [1.807, 2.05) is 13.8 Å². The largest absolute Gasteiger partial charge is 0.352 e. The van der Waals surface area contributed by atoms with Crippen LogP contribution in [0.5, 0.6) is 0 Å². The summed E-state index contributed by atoms with van der Waals surface area (Å²) in [5.74, 6) is -0.146. The van der Waals surface area contributed by atoms with Crippen molar-refractivity contribution in [2.45, 2.75) is 37.2 Å². The second-order valence-electron chi connectivity index (χ2n) is 5.18. The molecular formula is C14H19FN2O3S2. The first-order valence-corrected chi connectivity index (χ1v) is 9.61. The number of carbonyl (C=O) groups is 1. The molecule has 0 aliphatic carbocycles. The predicted molar refractivity (Wildman–Crippen MR) is 84.4 cm³/mol. The Morgan fingerprint density at radius 3 is 2.68 bits per heavy atom. The third-order valence-corrected chi connectivity index (χ3v) is 6.61. The molecular weight excluding hydrogens is 327 g/mol. The number of halogens is 1. The number of carbonyl (C=O) groups excluding carboxylic acids is 1. The van der Waals surface area contributed by atoms with Gasteiger partial charge in [0.1, 0.15) is 11.9 Å². The number of amides is 1. The summed E-state index contributed by atoms with van der Waals surface area (Å²) in [4.78, 5) is 12.3. The molecule has 22 heavy (non-hydrogen) atoms. The lowest BCUT2D eigenvalue weighted by atomic mass is 10.2. The SMILES string of the molecule is CC[C@@H](C)NC(=O)[C@@H]1CSCN1S(=O)(=O)c1ccc(F)cc1. The Morgan fingerprint density at radius 1 is 1.45 bits per heavy atom. The Labute approximate surface area is 134 Å². The topological polar surface area (TPSA) is 66.5 Å². The molecule has 2 rings (SSSR count). The van der Waals surface area contributed by atoms with Crippen molar-refractivity contribution < 1.29 is 17.6 Å². The van der Waals surface area contributed by atoms with Crippen molar-refractivity contribution in [3.05, 3.63) is 30.1 Å². The van der Waals surface area contributed by atoms with Crippen LogP contribution in [0.25, 0.3) is 0 Å². The molecule has 1 saturated heterocycles. The van der Waals surface area contributed by atoms with Crippen LogP contribution in [0.2, 0.25) is 0 Å². The molecule has 1 aromatic rings. The van der Waals surface area contributed by atoms with E-state index >= 15 is 0 Å². The maximum atomic E-state index is 13.0. The fraction of sp³-hybridized carbons (Fsp3) is 0.500. The van der Waals surface area contributed by atoms with E-state index in [0.29, 0.717) is 5.75 Å². The van der Waals surface area contributed by atoms with Crippen LogP contribution in [0.1, 0.15) is 20.3 Å². The van der Waals surface area contributed by atoms with Gasteiger partial charge in [0, 0.05) is 11.8 Å². The molecule has 2 atom stereocenters. The summed E-state index contributed by atoms with van der Waals surface area (Å²) in [6, 6.07) is 3.91. The fourth-order valence-corrected chi connectivity index (χ4v) is 5.20. The highest BCUT2D eigenvalue weighted by molar-refractivity contribution is 8.00. The first kappa shape index (κ1) is 17.2. The number of nitrogens with zero attached hydrogens (tertiary/aromatic N) is 1. The number of nitrogens with one attached hydrogen (secondary N) is 1. The molecule has 1 N–H and O–H groups in total. The second-order valence-corrected chi connectivity index (χ2v) is 8.07. The van der Waals surface area contributed by atoms with Gasteiger partial charge in [0.25, 0.3) is 0 Å². The molecule has 1 aliphatic rings. The Bertz CT molecular complexity index is 634. The summed E-state index contributed by atoms with van der Waals surface area (Å²) in [5.41, 5.74) is 0. The lowest BCUT2D eigenvalue weighted by molar-refractivity contribution is -0.124.